The summed E-state index contributed by atoms with van der Waals surface area (Å²) in [5.41, 5.74) is 5.88. The predicted molar refractivity (Wildman–Crippen MR) is 84.1 cm³/mol. The van der Waals surface area contributed by atoms with Gasteiger partial charge in [0.25, 0.3) is 0 Å². The molecule has 2 aromatic carbocycles. The number of nitrogens with one attached hydrogen (secondary N) is 1. The SMILES string of the molecule is Cc1cc(Br)ccc1C(Cc1ccc(F)cc1Cl)NN. The van der Waals surface area contributed by atoms with E-state index < -0.39 is 0 Å². The van der Waals surface area contributed by atoms with Crippen molar-refractivity contribution in [1.29, 1.82) is 0 Å². The van der Waals surface area contributed by atoms with E-state index in [1.807, 2.05) is 25.1 Å². The van der Waals surface area contributed by atoms with Crippen molar-refractivity contribution in [3.63, 3.8) is 0 Å². The van der Waals surface area contributed by atoms with Crippen molar-refractivity contribution in [2.45, 2.75) is 19.4 Å². The molecule has 0 aliphatic rings. The summed E-state index contributed by atoms with van der Waals surface area (Å²) in [5.74, 6) is 5.32. The van der Waals surface area contributed by atoms with Gasteiger partial charge in [-0.2, -0.15) is 0 Å². The summed E-state index contributed by atoms with van der Waals surface area (Å²) in [6.07, 6.45) is 0.595. The van der Waals surface area contributed by atoms with Gasteiger partial charge in [-0.1, -0.05) is 39.7 Å². The van der Waals surface area contributed by atoms with Gasteiger partial charge in [0.05, 0.1) is 6.04 Å². The Bertz CT molecular complexity index is 619. The Hall–Kier alpha value is -0.940. The fraction of sp³-hybridized carbons (Fsp3) is 0.200. The van der Waals surface area contributed by atoms with Gasteiger partial charge in [0.2, 0.25) is 0 Å². The Kier molecular flexibility index (Phi) is 5.16. The van der Waals surface area contributed by atoms with Crippen molar-refractivity contribution < 1.29 is 4.39 Å². The molecule has 20 heavy (non-hydrogen) atoms. The highest BCUT2D eigenvalue weighted by Gasteiger charge is 2.15. The van der Waals surface area contributed by atoms with Crippen LogP contribution in [-0.2, 0) is 6.42 Å². The Morgan fingerprint density at radius 1 is 1.30 bits per heavy atom. The molecular weight excluding hydrogens is 343 g/mol. The summed E-state index contributed by atoms with van der Waals surface area (Å²) < 4.78 is 14.1. The molecular formula is C15H15BrClFN2. The van der Waals surface area contributed by atoms with Crippen molar-refractivity contribution in [2.24, 2.45) is 5.84 Å². The molecule has 0 saturated carbocycles. The fourth-order valence-corrected chi connectivity index (χ4v) is 2.92. The molecule has 0 aliphatic carbocycles. The zero-order valence-corrected chi connectivity index (χ0v) is 13.3. The minimum Gasteiger partial charge on any atom is -0.271 e. The first-order valence-corrected chi connectivity index (χ1v) is 7.34. The van der Waals surface area contributed by atoms with Crippen molar-refractivity contribution in [2.75, 3.05) is 0 Å². The zero-order valence-electron chi connectivity index (χ0n) is 11.0. The lowest BCUT2D eigenvalue weighted by Crippen LogP contribution is -2.30. The van der Waals surface area contributed by atoms with Crippen LogP contribution in [0.4, 0.5) is 4.39 Å². The van der Waals surface area contributed by atoms with Crippen LogP contribution in [0.3, 0.4) is 0 Å². The minimum absolute atomic E-state index is 0.0777. The molecule has 0 aromatic heterocycles. The first kappa shape index (κ1) is 15.4. The van der Waals surface area contributed by atoms with E-state index in [9.17, 15) is 4.39 Å². The molecule has 106 valence electrons. The summed E-state index contributed by atoms with van der Waals surface area (Å²) in [7, 11) is 0. The van der Waals surface area contributed by atoms with Crippen LogP contribution in [0, 0.1) is 12.7 Å². The minimum atomic E-state index is -0.337. The molecule has 0 saturated heterocycles. The summed E-state index contributed by atoms with van der Waals surface area (Å²) in [4.78, 5) is 0. The first-order chi connectivity index (χ1) is 9.51. The van der Waals surface area contributed by atoms with E-state index in [0.29, 0.717) is 11.4 Å². The quantitative estimate of drug-likeness (QED) is 0.632. The van der Waals surface area contributed by atoms with Crippen molar-refractivity contribution >= 4 is 27.5 Å². The third-order valence-corrected chi connectivity index (χ3v) is 4.09. The molecule has 3 N–H and O–H groups in total. The van der Waals surface area contributed by atoms with Crippen LogP contribution in [0.5, 0.6) is 0 Å². The second-order valence-corrected chi connectivity index (χ2v) is 5.98. The van der Waals surface area contributed by atoms with Crippen molar-refractivity contribution in [1.82, 2.24) is 5.43 Å². The van der Waals surface area contributed by atoms with E-state index in [1.165, 1.54) is 12.1 Å². The van der Waals surface area contributed by atoms with E-state index >= 15 is 0 Å². The molecule has 1 unspecified atom stereocenters. The van der Waals surface area contributed by atoms with Gasteiger partial charge in [-0.3, -0.25) is 11.3 Å². The maximum absolute atomic E-state index is 13.1. The van der Waals surface area contributed by atoms with E-state index in [1.54, 1.807) is 6.07 Å². The predicted octanol–water partition coefficient (Wildman–Crippen LogP) is 4.30. The molecule has 0 bridgehead atoms. The Labute approximate surface area is 131 Å². The monoisotopic (exact) mass is 356 g/mol. The maximum atomic E-state index is 13.1. The lowest BCUT2D eigenvalue weighted by Gasteiger charge is -2.19. The summed E-state index contributed by atoms with van der Waals surface area (Å²) in [6.45, 7) is 2.02. The molecule has 0 radical (unpaired) electrons. The number of benzene rings is 2. The van der Waals surface area contributed by atoms with E-state index in [2.05, 4.69) is 21.4 Å². The van der Waals surface area contributed by atoms with Crippen LogP contribution in [0.15, 0.2) is 40.9 Å². The van der Waals surface area contributed by atoms with Gasteiger partial charge in [0, 0.05) is 9.50 Å². The van der Waals surface area contributed by atoms with Crippen LogP contribution < -0.4 is 11.3 Å². The molecule has 1 atom stereocenters. The van der Waals surface area contributed by atoms with Crippen molar-refractivity contribution in [3.05, 3.63) is 68.4 Å². The molecule has 0 heterocycles. The summed E-state index contributed by atoms with van der Waals surface area (Å²) >= 11 is 9.51. The second kappa shape index (κ2) is 6.68. The number of hydrogen-bond acceptors (Lipinski definition) is 2. The number of aryl methyl sites for hydroxylation is 1. The van der Waals surface area contributed by atoms with Gasteiger partial charge in [0.1, 0.15) is 5.82 Å². The highest BCUT2D eigenvalue weighted by Crippen LogP contribution is 2.27. The standard InChI is InChI=1S/C15H15BrClFN2/c1-9-6-11(16)3-5-13(9)15(20-19)7-10-2-4-12(18)8-14(10)17/h2-6,8,15,20H,7,19H2,1H3. The number of hydrogen-bond donors (Lipinski definition) is 2. The average molecular weight is 358 g/mol. The van der Waals surface area contributed by atoms with E-state index in [-0.39, 0.29) is 11.9 Å². The third-order valence-electron chi connectivity index (χ3n) is 3.25. The van der Waals surface area contributed by atoms with Gasteiger partial charge >= 0.3 is 0 Å². The van der Waals surface area contributed by atoms with Crippen LogP contribution in [0.1, 0.15) is 22.7 Å². The topological polar surface area (TPSA) is 38.0 Å². The van der Waals surface area contributed by atoms with Gasteiger partial charge in [-0.25, -0.2) is 4.39 Å². The summed E-state index contributed by atoms with van der Waals surface area (Å²) in [6, 6.07) is 10.4. The highest BCUT2D eigenvalue weighted by molar-refractivity contribution is 9.10. The summed E-state index contributed by atoms with van der Waals surface area (Å²) in [5, 5.41) is 0.417. The van der Waals surface area contributed by atoms with Crippen LogP contribution in [-0.4, -0.2) is 0 Å². The zero-order chi connectivity index (χ0) is 14.7. The lowest BCUT2D eigenvalue weighted by molar-refractivity contribution is 0.548. The van der Waals surface area contributed by atoms with Crippen LogP contribution >= 0.6 is 27.5 Å². The molecule has 2 rings (SSSR count). The Morgan fingerprint density at radius 2 is 2.05 bits per heavy atom. The van der Waals surface area contributed by atoms with Crippen molar-refractivity contribution in [3.8, 4) is 0 Å². The molecule has 2 aromatic rings. The second-order valence-electron chi connectivity index (χ2n) is 4.66. The number of rotatable bonds is 4. The largest absolute Gasteiger partial charge is 0.271 e. The molecule has 2 nitrogen and oxygen atoms in total. The van der Waals surface area contributed by atoms with Gasteiger partial charge in [-0.05, 0) is 54.3 Å². The average Bonchev–Trinajstić information content (AvgIpc) is 2.39. The smallest absolute Gasteiger partial charge is 0.124 e. The first-order valence-electron chi connectivity index (χ1n) is 6.17. The number of hydrazine groups is 1. The number of halogens is 3. The molecule has 0 fully saturated rings. The highest BCUT2D eigenvalue weighted by atomic mass is 79.9. The Morgan fingerprint density at radius 3 is 2.65 bits per heavy atom. The molecule has 0 amide bonds. The number of nitrogens with two attached hydrogens (primary N) is 1. The molecule has 0 spiro atoms. The molecule has 5 heteroatoms. The maximum Gasteiger partial charge on any atom is 0.124 e. The van der Waals surface area contributed by atoms with Gasteiger partial charge in [-0.15, -0.1) is 0 Å². The molecule has 0 aliphatic heterocycles. The fourth-order valence-electron chi connectivity index (χ4n) is 2.20. The van der Waals surface area contributed by atoms with Gasteiger partial charge in [0.15, 0.2) is 0 Å². The normalized spacial score (nSPS) is 12.4. The van der Waals surface area contributed by atoms with Gasteiger partial charge < -0.3 is 0 Å². The third kappa shape index (κ3) is 3.58. The van der Waals surface area contributed by atoms with E-state index in [0.717, 1.165) is 21.2 Å². The van der Waals surface area contributed by atoms with E-state index in [4.69, 9.17) is 17.4 Å². The lowest BCUT2D eigenvalue weighted by atomic mass is 9.96. The Balaban J connectivity index is 2.28. The van der Waals surface area contributed by atoms with Crippen LogP contribution in [0.2, 0.25) is 5.02 Å². The van der Waals surface area contributed by atoms with Crippen LogP contribution in [0.25, 0.3) is 0 Å².